The van der Waals surface area contributed by atoms with E-state index >= 15 is 0 Å². The molecule has 2 rings (SSSR count). The maximum atomic E-state index is 6.07. The molecule has 0 spiro atoms. The second-order valence-electron chi connectivity index (χ2n) is 4.93. The van der Waals surface area contributed by atoms with Gasteiger partial charge in [-0.1, -0.05) is 31.5 Å². The van der Waals surface area contributed by atoms with Gasteiger partial charge < -0.3 is 5.32 Å². The summed E-state index contributed by atoms with van der Waals surface area (Å²) in [7, 11) is 0. The summed E-state index contributed by atoms with van der Waals surface area (Å²) in [6.07, 6.45) is 3.45. The van der Waals surface area contributed by atoms with Gasteiger partial charge in [0.05, 0.1) is 5.02 Å². The number of hydrogen-bond donors (Lipinski definition) is 1. The average Bonchev–Trinajstić information content (AvgIpc) is 2.86. The van der Waals surface area contributed by atoms with E-state index in [4.69, 9.17) is 11.6 Å². The largest absolute Gasteiger partial charge is 0.312 e. The molecule has 0 fully saturated rings. The van der Waals surface area contributed by atoms with Crippen LogP contribution in [-0.2, 0) is 12.0 Å². The van der Waals surface area contributed by atoms with Gasteiger partial charge in [0.15, 0.2) is 0 Å². The predicted molar refractivity (Wildman–Crippen MR) is 78.3 cm³/mol. The molecule has 4 heteroatoms. The van der Waals surface area contributed by atoms with Gasteiger partial charge in [-0.15, -0.1) is 11.3 Å². The normalized spacial score (nSPS) is 11.7. The van der Waals surface area contributed by atoms with E-state index in [9.17, 15) is 0 Å². The lowest BCUT2D eigenvalue weighted by Gasteiger charge is -2.23. The molecule has 2 heterocycles. The molecule has 0 aromatic carbocycles. The minimum Gasteiger partial charge on any atom is -0.312 e. The predicted octanol–water partition coefficient (Wildman–Crippen LogP) is 3.86. The van der Waals surface area contributed by atoms with Crippen LogP contribution in [0, 0.1) is 0 Å². The highest BCUT2D eigenvalue weighted by Crippen LogP contribution is 2.26. The van der Waals surface area contributed by atoms with Crippen LogP contribution in [-0.4, -0.2) is 11.5 Å². The molecule has 0 amide bonds. The van der Waals surface area contributed by atoms with E-state index in [2.05, 4.69) is 41.7 Å². The van der Waals surface area contributed by atoms with Crippen LogP contribution in [0.1, 0.15) is 24.3 Å². The Labute approximate surface area is 117 Å². The van der Waals surface area contributed by atoms with Gasteiger partial charge in [0.25, 0.3) is 0 Å². The van der Waals surface area contributed by atoms with Crippen molar-refractivity contribution in [3.8, 4) is 0 Å². The zero-order valence-corrected chi connectivity index (χ0v) is 12.2. The molecule has 0 aliphatic rings. The lowest BCUT2D eigenvalue weighted by Crippen LogP contribution is -2.31. The van der Waals surface area contributed by atoms with Crippen molar-refractivity contribution in [2.75, 3.05) is 6.54 Å². The summed E-state index contributed by atoms with van der Waals surface area (Å²) in [4.78, 5) is 5.38. The minimum atomic E-state index is 0.147. The summed E-state index contributed by atoms with van der Waals surface area (Å²) in [5, 5.41) is 6.31. The third-order valence-corrected chi connectivity index (χ3v) is 4.50. The van der Waals surface area contributed by atoms with Crippen molar-refractivity contribution in [2.45, 2.75) is 25.8 Å². The van der Waals surface area contributed by atoms with Gasteiger partial charge in [0, 0.05) is 35.8 Å². The van der Waals surface area contributed by atoms with E-state index in [1.165, 1.54) is 4.88 Å². The molecule has 2 aromatic rings. The Morgan fingerprint density at radius 3 is 2.89 bits per heavy atom. The number of thiophene rings is 1. The Kier molecular flexibility index (Phi) is 4.38. The van der Waals surface area contributed by atoms with Gasteiger partial charge in [-0.05, 0) is 23.1 Å². The number of aromatic nitrogens is 1. The lowest BCUT2D eigenvalue weighted by atomic mass is 9.91. The number of nitrogens with zero attached hydrogens (tertiary/aromatic N) is 1. The minimum absolute atomic E-state index is 0.147. The maximum Gasteiger partial charge on any atom is 0.0634 e. The second-order valence-corrected chi connectivity index (χ2v) is 6.29. The summed E-state index contributed by atoms with van der Waals surface area (Å²) in [6.45, 7) is 6.20. The third kappa shape index (κ3) is 3.31. The van der Waals surface area contributed by atoms with Crippen molar-refractivity contribution in [3.05, 3.63) is 51.4 Å². The maximum absolute atomic E-state index is 6.07. The third-order valence-electron chi connectivity index (χ3n) is 2.93. The molecule has 0 aliphatic carbocycles. The van der Waals surface area contributed by atoms with Gasteiger partial charge in [-0.3, -0.25) is 4.98 Å². The number of rotatable bonds is 5. The van der Waals surface area contributed by atoms with E-state index in [0.717, 1.165) is 23.7 Å². The van der Waals surface area contributed by atoms with Crippen molar-refractivity contribution in [1.29, 1.82) is 0 Å². The molecule has 18 heavy (non-hydrogen) atoms. The van der Waals surface area contributed by atoms with E-state index in [0.29, 0.717) is 0 Å². The molecule has 0 aliphatic heterocycles. The smallest absolute Gasteiger partial charge is 0.0634 e. The van der Waals surface area contributed by atoms with Gasteiger partial charge >= 0.3 is 0 Å². The summed E-state index contributed by atoms with van der Waals surface area (Å²) in [6, 6.07) is 6.24. The second kappa shape index (κ2) is 5.83. The summed E-state index contributed by atoms with van der Waals surface area (Å²) in [5.41, 5.74) is 1.24. The number of nitrogens with one attached hydrogen (secondary N) is 1. The molecule has 0 bridgehead atoms. The highest BCUT2D eigenvalue weighted by Gasteiger charge is 2.20. The van der Waals surface area contributed by atoms with Gasteiger partial charge in [-0.2, -0.15) is 0 Å². The first-order chi connectivity index (χ1) is 8.59. The van der Waals surface area contributed by atoms with E-state index in [1.807, 2.05) is 6.07 Å². The topological polar surface area (TPSA) is 24.9 Å². The zero-order chi connectivity index (χ0) is 13.0. The van der Waals surface area contributed by atoms with Crippen LogP contribution in [0.2, 0.25) is 5.02 Å². The molecular formula is C14H17ClN2S. The SMILES string of the molecule is CC(C)(CNCc1ccncc1Cl)c1cccs1. The molecule has 2 aromatic heterocycles. The highest BCUT2D eigenvalue weighted by molar-refractivity contribution is 7.10. The number of pyridine rings is 1. The lowest BCUT2D eigenvalue weighted by molar-refractivity contribution is 0.477. The molecule has 2 nitrogen and oxygen atoms in total. The van der Waals surface area contributed by atoms with Crippen LogP contribution in [0.3, 0.4) is 0 Å². The summed E-state index contributed by atoms with van der Waals surface area (Å²) in [5.74, 6) is 0. The quantitative estimate of drug-likeness (QED) is 0.899. The Hall–Kier alpha value is -0.900. The van der Waals surface area contributed by atoms with Crippen LogP contribution < -0.4 is 5.32 Å². The highest BCUT2D eigenvalue weighted by atomic mass is 35.5. The fourth-order valence-corrected chi connectivity index (χ4v) is 2.85. The standard InChI is InChI=1S/C14H17ClN2S/c1-14(2,13-4-3-7-18-13)10-17-8-11-5-6-16-9-12(11)15/h3-7,9,17H,8,10H2,1-2H3. The monoisotopic (exact) mass is 280 g/mol. The van der Waals surface area contributed by atoms with Crippen molar-refractivity contribution < 1.29 is 0 Å². The fraction of sp³-hybridized carbons (Fsp3) is 0.357. The molecule has 0 saturated heterocycles. The summed E-state index contributed by atoms with van der Waals surface area (Å²) < 4.78 is 0. The van der Waals surface area contributed by atoms with Gasteiger partial charge in [-0.25, -0.2) is 0 Å². The number of halogens is 1. The molecule has 0 radical (unpaired) electrons. The first-order valence-corrected chi connectivity index (χ1v) is 7.18. The Morgan fingerprint density at radius 2 is 2.22 bits per heavy atom. The van der Waals surface area contributed by atoms with Crippen LogP contribution in [0.25, 0.3) is 0 Å². The number of hydrogen-bond acceptors (Lipinski definition) is 3. The Bertz CT molecular complexity index is 494. The average molecular weight is 281 g/mol. The van der Waals surface area contributed by atoms with Crippen LogP contribution in [0.15, 0.2) is 36.0 Å². The molecule has 1 N–H and O–H groups in total. The Balaban J connectivity index is 1.91. The van der Waals surface area contributed by atoms with Gasteiger partial charge in [0.1, 0.15) is 0 Å². The fourth-order valence-electron chi connectivity index (χ4n) is 1.81. The summed E-state index contributed by atoms with van der Waals surface area (Å²) >= 11 is 7.88. The molecule has 0 unspecified atom stereocenters. The van der Waals surface area contributed by atoms with E-state index < -0.39 is 0 Å². The van der Waals surface area contributed by atoms with Crippen molar-refractivity contribution in [2.24, 2.45) is 0 Å². The van der Waals surface area contributed by atoms with E-state index in [1.54, 1.807) is 23.7 Å². The van der Waals surface area contributed by atoms with Gasteiger partial charge in [0.2, 0.25) is 0 Å². The Morgan fingerprint density at radius 1 is 1.39 bits per heavy atom. The van der Waals surface area contributed by atoms with Crippen molar-refractivity contribution >= 4 is 22.9 Å². The zero-order valence-electron chi connectivity index (χ0n) is 10.6. The molecule has 0 saturated carbocycles. The van der Waals surface area contributed by atoms with Crippen LogP contribution in [0.4, 0.5) is 0 Å². The van der Waals surface area contributed by atoms with Crippen LogP contribution in [0.5, 0.6) is 0 Å². The van der Waals surface area contributed by atoms with Crippen molar-refractivity contribution in [1.82, 2.24) is 10.3 Å². The van der Waals surface area contributed by atoms with E-state index in [-0.39, 0.29) is 5.41 Å². The van der Waals surface area contributed by atoms with Crippen molar-refractivity contribution in [3.63, 3.8) is 0 Å². The molecular weight excluding hydrogens is 264 g/mol. The first-order valence-electron chi connectivity index (χ1n) is 5.93. The van der Waals surface area contributed by atoms with Crippen LogP contribution >= 0.6 is 22.9 Å². The molecule has 96 valence electrons. The molecule has 0 atom stereocenters. The first kappa shape index (κ1) is 13.5.